The van der Waals surface area contributed by atoms with Gasteiger partial charge in [0.25, 0.3) is 0 Å². The number of hydrogen-bond donors (Lipinski definition) is 2. The minimum Gasteiger partial charge on any atom is -0.399 e. The van der Waals surface area contributed by atoms with Crippen LogP contribution < -0.4 is 11.1 Å². The van der Waals surface area contributed by atoms with Gasteiger partial charge in [-0.15, -0.1) is 0 Å². The summed E-state index contributed by atoms with van der Waals surface area (Å²) in [6.07, 6.45) is 4.79. The van der Waals surface area contributed by atoms with Crippen LogP contribution >= 0.6 is 0 Å². The van der Waals surface area contributed by atoms with Crippen LogP contribution in [0.4, 0.5) is 5.69 Å². The van der Waals surface area contributed by atoms with Crippen molar-refractivity contribution in [3.8, 4) is 0 Å². The van der Waals surface area contributed by atoms with Gasteiger partial charge in [-0.2, -0.15) is 0 Å². The third-order valence-corrected chi connectivity index (χ3v) is 3.14. The summed E-state index contributed by atoms with van der Waals surface area (Å²) in [5, 5.41) is 3.60. The summed E-state index contributed by atoms with van der Waals surface area (Å²) in [5.74, 6) is 0. The molecule has 3 N–H and O–H groups in total. The molecule has 1 aromatic carbocycles. The zero-order valence-corrected chi connectivity index (χ0v) is 9.42. The number of aryl methyl sites for hydroxylation is 1. The number of anilines is 1. The van der Waals surface area contributed by atoms with E-state index in [9.17, 15) is 0 Å². The van der Waals surface area contributed by atoms with Crippen LogP contribution in [0.2, 0.25) is 0 Å². The molecule has 0 saturated carbocycles. The largest absolute Gasteiger partial charge is 0.399 e. The summed E-state index contributed by atoms with van der Waals surface area (Å²) in [6, 6.07) is 7.00. The van der Waals surface area contributed by atoms with Gasteiger partial charge in [-0.1, -0.05) is 13.0 Å². The first-order valence-electron chi connectivity index (χ1n) is 5.90. The SMILES string of the molecule is CCCN[C@H]1CCc2cc(N)ccc2C1. The van der Waals surface area contributed by atoms with Crippen molar-refractivity contribution in [2.45, 2.75) is 38.6 Å². The Bertz CT molecular complexity index is 333. The number of rotatable bonds is 3. The van der Waals surface area contributed by atoms with Crippen LogP contribution in [0.25, 0.3) is 0 Å². The van der Waals surface area contributed by atoms with E-state index in [0.717, 1.165) is 18.7 Å². The molecule has 0 saturated heterocycles. The molecule has 0 spiro atoms. The fraction of sp³-hybridized carbons (Fsp3) is 0.538. The third kappa shape index (κ3) is 2.51. The highest BCUT2D eigenvalue weighted by Crippen LogP contribution is 2.23. The van der Waals surface area contributed by atoms with Gasteiger partial charge in [0.2, 0.25) is 0 Å². The van der Waals surface area contributed by atoms with Gasteiger partial charge < -0.3 is 11.1 Å². The average Bonchev–Trinajstić information content (AvgIpc) is 2.26. The van der Waals surface area contributed by atoms with Crippen LogP contribution in [-0.4, -0.2) is 12.6 Å². The van der Waals surface area contributed by atoms with Crippen molar-refractivity contribution >= 4 is 5.69 Å². The van der Waals surface area contributed by atoms with Crippen molar-refractivity contribution in [3.05, 3.63) is 29.3 Å². The van der Waals surface area contributed by atoms with Crippen LogP contribution in [0, 0.1) is 0 Å². The van der Waals surface area contributed by atoms with Crippen LogP contribution in [-0.2, 0) is 12.8 Å². The van der Waals surface area contributed by atoms with Crippen LogP contribution in [0.15, 0.2) is 18.2 Å². The smallest absolute Gasteiger partial charge is 0.0316 e. The summed E-state index contributed by atoms with van der Waals surface area (Å²) < 4.78 is 0. The minimum absolute atomic E-state index is 0.668. The molecule has 2 rings (SSSR count). The maximum atomic E-state index is 5.78. The second-order valence-electron chi connectivity index (χ2n) is 4.42. The molecule has 15 heavy (non-hydrogen) atoms. The highest BCUT2D eigenvalue weighted by atomic mass is 14.9. The molecule has 1 aliphatic carbocycles. The standard InChI is InChI=1S/C13H20N2/c1-2-7-15-13-6-4-10-8-12(14)5-3-11(10)9-13/h3,5,8,13,15H,2,4,6-7,9,14H2,1H3/t13-/m0/s1. The zero-order valence-electron chi connectivity index (χ0n) is 9.42. The van der Waals surface area contributed by atoms with Crippen molar-refractivity contribution in [3.63, 3.8) is 0 Å². The molecular weight excluding hydrogens is 184 g/mol. The molecule has 0 aliphatic heterocycles. The highest BCUT2D eigenvalue weighted by Gasteiger charge is 2.17. The van der Waals surface area contributed by atoms with Gasteiger partial charge >= 0.3 is 0 Å². The van der Waals surface area contributed by atoms with Gasteiger partial charge in [-0.25, -0.2) is 0 Å². The maximum Gasteiger partial charge on any atom is 0.0316 e. The van der Waals surface area contributed by atoms with E-state index in [2.05, 4.69) is 24.4 Å². The van der Waals surface area contributed by atoms with Gasteiger partial charge in [-0.3, -0.25) is 0 Å². The van der Waals surface area contributed by atoms with Crippen molar-refractivity contribution in [2.24, 2.45) is 0 Å². The first-order valence-corrected chi connectivity index (χ1v) is 5.90. The molecule has 0 fully saturated rings. The molecule has 0 amide bonds. The monoisotopic (exact) mass is 204 g/mol. The molecular formula is C13H20N2. The quantitative estimate of drug-likeness (QED) is 0.740. The Kier molecular flexibility index (Phi) is 3.27. The van der Waals surface area contributed by atoms with Gasteiger partial charge in [0.15, 0.2) is 0 Å². The first-order chi connectivity index (χ1) is 7.29. The van der Waals surface area contributed by atoms with Gasteiger partial charge in [0.05, 0.1) is 0 Å². The molecule has 1 aromatic rings. The molecule has 0 unspecified atom stereocenters. The Morgan fingerprint density at radius 1 is 1.40 bits per heavy atom. The number of hydrogen-bond acceptors (Lipinski definition) is 2. The van der Waals surface area contributed by atoms with Crippen molar-refractivity contribution in [2.75, 3.05) is 12.3 Å². The second kappa shape index (κ2) is 4.67. The molecule has 0 radical (unpaired) electrons. The fourth-order valence-corrected chi connectivity index (χ4v) is 2.30. The first kappa shape index (κ1) is 10.5. The van der Waals surface area contributed by atoms with Gasteiger partial charge in [0.1, 0.15) is 0 Å². The molecule has 1 atom stereocenters. The fourth-order valence-electron chi connectivity index (χ4n) is 2.30. The lowest BCUT2D eigenvalue weighted by molar-refractivity contribution is 0.459. The number of nitrogens with one attached hydrogen (secondary N) is 1. The van der Waals surface area contributed by atoms with Crippen molar-refractivity contribution < 1.29 is 0 Å². The summed E-state index contributed by atoms with van der Waals surface area (Å²) in [7, 11) is 0. The number of nitrogen functional groups attached to an aromatic ring is 1. The molecule has 82 valence electrons. The van der Waals surface area contributed by atoms with E-state index < -0.39 is 0 Å². The number of benzene rings is 1. The number of fused-ring (bicyclic) bond motifs is 1. The highest BCUT2D eigenvalue weighted by molar-refractivity contribution is 5.45. The van der Waals surface area contributed by atoms with E-state index >= 15 is 0 Å². The molecule has 2 nitrogen and oxygen atoms in total. The summed E-state index contributed by atoms with van der Waals surface area (Å²) >= 11 is 0. The van der Waals surface area contributed by atoms with Crippen LogP contribution in [0.3, 0.4) is 0 Å². The molecule has 1 aliphatic rings. The molecule has 2 heteroatoms. The van der Waals surface area contributed by atoms with E-state index in [-0.39, 0.29) is 0 Å². The zero-order chi connectivity index (χ0) is 10.7. The van der Waals surface area contributed by atoms with E-state index in [4.69, 9.17) is 5.73 Å². The summed E-state index contributed by atoms with van der Waals surface area (Å²) in [4.78, 5) is 0. The van der Waals surface area contributed by atoms with Gasteiger partial charge in [-0.05, 0) is 55.5 Å². The van der Waals surface area contributed by atoms with E-state index in [0.29, 0.717) is 6.04 Å². The van der Waals surface area contributed by atoms with Crippen molar-refractivity contribution in [1.29, 1.82) is 0 Å². The van der Waals surface area contributed by atoms with Crippen LogP contribution in [0.5, 0.6) is 0 Å². The molecule has 0 bridgehead atoms. The lowest BCUT2D eigenvalue weighted by atomic mass is 9.88. The lowest BCUT2D eigenvalue weighted by Crippen LogP contribution is -2.34. The lowest BCUT2D eigenvalue weighted by Gasteiger charge is -2.25. The second-order valence-corrected chi connectivity index (χ2v) is 4.42. The normalized spacial score (nSPS) is 19.9. The molecule has 0 aromatic heterocycles. The predicted octanol–water partition coefficient (Wildman–Crippen LogP) is 2.13. The van der Waals surface area contributed by atoms with Crippen molar-refractivity contribution in [1.82, 2.24) is 5.32 Å². The topological polar surface area (TPSA) is 38.0 Å². The third-order valence-electron chi connectivity index (χ3n) is 3.14. The Hall–Kier alpha value is -1.02. The number of nitrogens with two attached hydrogens (primary N) is 1. The van der Waals surface area contributed by atoms with Gasteiger partial charge in [0, 0.05) is 11.7 Å². The Labute approximate surface area is 91.9 Å². The maximum absolute atomic E-state index is 5.78. The Balaban J connectivity index is 2.03. The Morgan fingerprint density at radius 3 is 3.07 bits per heavy atom. The van der Waals surface area contributed by atoms with E-state index in [1.165, 1.54) is 30.4 Å². The summed E-state index contributed by atoms with van der Waals surface area (Å²) in [6.45, 7) is 3.35. The van der Waals surface area contributed by atoms with E-state index in [1.807, 2.05) is 6.07 Å². The van der Waals surface area contributed by atoms with Crippen LogP contribution in [0.1, 0.15) is 30.9 Å². The summed E-state index contributed by atoms with van der Waals surface area (Å²) in [5.41, 5.74) is 9.60. The molecule has 0 heterocycles. The van der Waals surface area contributed by atoms with E-state index in [1.54, 1.807) is 0 Å². The minimum atomic E-state index is 0.668. The predicted molar refractivity (Wildman–Crippen MR) is 65.0 cm³/mol. The Morgan fingerprint density at radius 2 is 2.27 bits per heavy atom. The average molecular weight is 204 g/mol.